The molecule has 0 bridgehead atoms. The smallest absolute Gasteiger partial charge is 0.317 e. The lowest BCUT2D eigenvalue weighted by Gasteiger charge is -2.11. The molecular formula is C20H12F4N2. The third-order valence-corrected chi connectivity index (χ3v) is 3.81. The SMILES string of the molecule is N#C/C(=C/c1cccn1-c1cccc(C(F)(F)F)c1)c1ccccc1F. The van der Waals surface area contributed by atoms with Crippen molar-refractivity contribution in [2.75, 3.05) is 0 Å². The number of allylic oxidation sites excluding steroid dienone is 1. The van der Waals surface area contributed by atoms with Gasteiger partial charge in [0.2, 0.25) is 0 Å². The normalized spacial score (nSPS) is 12.0. The number of halogens is 4. The van der Waals surface area contributed by atoms with Crippen molar-refractivity contribution in [2.24, 2.45) is 0 Å². The third kappa shape index (κ3) is 3.52. The van der Waals surface area contributed by atoms with Gasteiger partial charge >= 0.3 is 6.18 Å². The first-order valence-electron chi connectivity index (χ1n) is 7.62. The number of nitrogens with zero attached hydrogens (tertiary/aromatic N) is 2. The van der Waals surface area contributed by atoms with Crippen LogP contribution in [0, 0.1) is 17.1 Å². The van der Waals surface area contributed by atoms with E-state index in [1.165, 1.54) is 41.0 Å². The first-order valence-corrected chi connectivity index (χ1v) is 7.62. The lowest BCUT2D eigenvalue weighted by molar-refractivity contribution is -0.137. The van der Waals surface area contributed by atoms with Gasteiger partial charge in [0, 0.05) is 23.1 Å². The van der Waals surface area contributed by atoms with Crippen LogP contribution in [0.5, 0.6) is 0 Å². The Balaban J connectivity index is 2.07. The summed E-state index contributed by atoms with van der Waals surface area (Å²) in [7, 11) is 0. The summed E-state index contributed by atoms with van der Waals surface area (Å²) in [4.78, 5) is 0. The minimum atomic E-state index is -4.45. The molecule has 2 nitrogen and oxygen atoms in total. The highest BCUT2D eigenvalue weighted by Gasteiger charge is 2.30. The van der Waals surface area contributed by atoms with E-state index in [4.69, 9.17) is 0 Å². The predicted molar refractivity (Wildman–Crippen MR) is 90.7 cm³/mol. The van der Waals surface area contributed by atoms with Crippen molar-refractivity contribution in [3.05, 3.63) is 89.5 Å². The van der Waals surface area contributed by atoms with E-state index in [1.54, 1.807) is 24.4 Å². The van der Waals surface area contributed by atoms with E-state index in [1.807, 2.05) is 6.07 Å². The Morgan fingerprint density at radius 1 is 1.00 bits per heavy atom. The van der Waals surface area contributed by atoms with Crippen molar-refractivity contribution < 1.29 is 17.6 Å². The van der Waals surface area contributed by atoms with Gasteiger partial charge in [-0.15, -0.1) is 0 Å². The molecule has 0 unspecified atom stereocenters. The lowest BCUT2D eigenvalue weighted by atomic mass is 10.1. The van der Waals surface area contributed by atoms with Gasteiger partial charge in [-0.1, -0.05) is 24.3 Å². The molecule has 0 saturated carbocycles. The summed E-state index contributed by atoms with van der Waals surface area (Å²) >= 11 is 0. The fraction of sp³-hybridized carbons (Fsp3) is 0.0500. The zero-order chi connectivity index (χ0) is 18.7. The van der Waals surface area contributed by atoms with Gasteiger partial charge in [0.1, 0.15) is 5.82 Å². The summed E-state index contributed by atoms with van der Waals surface area (Å²) in [6.07, 6.45) is -1.43. The van der Waals surface area contributed by atoms with Gasteiger partial charge in [-0.25, -0.2) is 4.39 Å². The number of aromatic nitrogens is 1. The molecule has 0 radical (unpaired) electrons. The molecule has 1 heterocycles. The second kappa shape index (κ2) is 6.89. The minimum absolute atomic E-state index is 0.0787. The fourth-order valence-corrected chi connectivity index (χ4v) is 2.58. The predicted octanol–water partition coefficient (Wildman–Crippen LogP) is 5.70. The Labute approximate surface area is 147 Å². The molecule has 0 fully saturated rings. The average Bonchev–Trinajstić information content (AvgIpc) is 3.08. The second-order valence-corrected chi connectivity index (χ2v) is 5.50. The first kappa shape index (κ1) is 17.5. The van der Waals surface area contributed by atoms with Crippen LogP contribution in [0.1, 0.15) is 16.8 Å². The van der Waals surface area contributed by atoms with E-state index in [9.17, 15) is 22.8 Å². The van der Waals surface area contributed by atoms with Crippen LogP contribution < -0.4 is 0 Å². The maximum absolute atomic E-state index is 13.9. The highest BCUT2D eigenvalue weighted by Crippen LogP contribution is 2.31. The maximum atomic E-state index is 13.9. The van der Waals surface area contributed by atoms with Crippen LogP contribution in [-0.2, 0) is 6.18 Å². The van der Waals surface area contributed by atoms with Crippen molar-refractivity contribution in [2.45, 2.75) is 6.18 Å². The molecule has 130 valence electrons. The molecule has 0 atom stereocenters. The lowest BCUT2D eigenvalue weighted by Crippen LogP contribution is -2.06. The summed E-state index contributed by atoms with van der Waals surface area (Å²) in [6, 6.07) is 15.9. The number of rotatable bonds is 3. The molecule has 2 aromatic carbocycles. The van der Waals surface area contributed by atoms with Crippen LogP contribution in [0.25, 0.3) is 17.3 Å². The van der Waals surface area contributed by atoms with Crippen molar-refractivity contribution in [3.63, 3.8) is 0 Å². The maximum Gasteiger partial charge on any atom is 0.416 e. The largest absolute Gasteiger partial charge is 0.416 e. The van der Waals surface area contributed by atoms with Crippen molar-refractivity contribution >= 4 is 11.6 Å². The second-order valence-electron chi connectivity index (χ2n) is 5.50. The Morgan fingerprint density at radius 3 is 2.46 bits per heavy atom. The fourth-order valence-electron chi connectivity index (χ4n) is 2.58. The van der Waals surface area contributed by atoms with Crippen LogP contribution in [0.4, 0.5) is 17.6 Å². The van der Waals surface area contributed by atoms with Crippen LogP contribution in [0.2, 0.25) is 0 Å². The molecule has 3 rings (SSSR count). The van der Waals surface area contributed by atoms with E-state index in [0.29, 0.717) is 11.4 Å². The van der Waals surface area contributed by atoms with Crippen molar-refractivity contribution in [1.29, 1.82) is 5.26 Å². The first-order chi connectivity index (χ1) is 12.4. The number of benzene rings is 2. The van der Waals surface area contributed by atoms with Gasteiger partial charge in [-0.05, 0) is 42.5 Å². The van der Waals surface area contributed by atoms with E-state index in [0.717, 1.165) is 12.1 Å². The molecule has 26 heavy (non-hydrogen) atoms. The Bertz CT molecular complexity index is 1010. The Morgan fingerprint density at radius 2 is 1.77 bits per heavy atom. The van der Waals surface area contributed by atoms with Crippen LogP contribution in [0.3, 0.4) is 0 Å². The Kier molecular flexibility index (Phi) is 4.63. The number of hydrogen-bond donors (Lipinski definition) is 0. The van der Waals surface area contributed by atoms with Gasteiger partial charge in [-0.2, -0.15) is 18.4 Å². The number of hydrogen-bond acceptors (Lipinski definition) is 1. The highest BCUT2D eigenvalue weighted by molar-refractivity contribution is 5.89. The summed E-state index contributed by atoms with van der Waals surface area (Å²) < 4.78 is 54.3. The molecule has 6 heteroatoms. The van der Waals surface area contributed by atoms with Gasteiger partial charge in [-0.3, -0.25) is 0 Å². The molecule has 0 aliphatic rings. The molecule has 0 aliphatic heterocycles. The standard InChI is InChI=1S/C20H12F4N2/c21-19-9-2-1-8-18(19)14(13-25)11-16-7-4-10-26(16)17-6-3-5-15(12-17)20(22,23)24/h1-12H/b14-11-. The van der Waals surface area contributed by atoms with E-state index < -0.39 is 17.6 Å². The van der Waals surface area contributed by atoms with Crippen molar-refractivity contribution in [3.8, 4) is 11.8 Å². The van der Waals surface area contributed by atoms with Gasteiger partial charge in [0.15, 0.2) is 0 Å². The van der Waals surface area contributed by atoms with E-state index >= 15 is 0 Å². The monoisotopic (exact) mass is 356 g/mol. The molecule has 1 aromatic heterocycles. The molecule has 0 N–H and O–H groups in total. The zero-order valence-electron chi connectivity index (χ0n) is 13.3. The van der Waals surface area contributed by atoms with E-state index in [2.05, 4.69) is 0 Å². The number of nitriles is 1. The molecule has 0 amide bonds. The van der Waals surface area contributed by atoms with Gasteiger partial charge in [0.25, 0.3) is 0 Å². The Hall–Kier alpha value is -3.33. The van der Waals surface area contributed by atoms with Gasteiger partial charge in [0.05, 0.1) is 17.2 Å². The molecule has 0 spiro atoms. The zero-order valence-corrected chi connectivity index (χ0v) is 13.3. The topological polar surface area (TPSA) is 28.7 Å². The van der Waals surface area contributed by atoms with E-state index in [-0.39, 0.29) is 11.1 Å². The quantitative estimate of drug-likeness (QED) is 0.437. The summed E-state index contributed by atoms with van der Waals surface area (Å²) in [5, 5.41) is 9.37. The number of alkyl halides is 3. The summed E-state index contributed by atoms with van der Waals surface area (Å²) in [6.45, 7) is 0. The van der Waals surface area contributed by atoms with Crippen molar-refractivity contribution in [1.82, 2.24) is 4.57 Å². The third-order valence-electron chi connectivity index (χ3n) is 3.81. The minimum Gasteiger partial charge on any atom is -0.317 e. The summed E-state index contributed by atoms with van der Waals surface area (Å²) in [5.41, 5.74) is 0.195. The molecule has 0 saturated heterocycles. The highest BCUT2D eigenvalue weighted by atomic mass is 19.4. The summed E-state index contributed by atoms with van der Waals surface area (Å²) in [5.74, 6) is -0.544. The van der Waals surface area contributed by atoms with Crippen LogP contribution >= 0.6 is 0 Å². The van der Waals surface area contributed by atoms with Gasteiger partial charge < -0.3 is 4.57 Å². The molecule has 3 aromatic rings. The average molecular weight is 356 g/mol. The molecule has 0 aliphatic carbocycles. The molecular weight excluding hydrogens is 344 g/mol. The van der Waals surface area contributed by atoms with Crippen LogP contribution in [-0.4, -0.2) is 4.57 Å². The van der Waals surface area contributed by atoms with Crippen LogP contribution in [0.15, 0.2) is 66.9 Å².